The number of allylic oxidation sites excluding steroid dienone is 1. The van der Waals surface area contributed by atoms with E-state index in [0.717, 1.165) is 84.9 Å². The van der Waals surface area contributed by atoms with E-state index in [0.29, 0.717) is 5.56 Å². The fourth-order valence-corrected chi connectivity index (χ4v) is 6.79. The van der Waals surface area contributed by atoms with Crippen LogP contribution in [0.3, 0.4) is 0 Å². The highest BCUT2D eigenvalue weighted by molar-refractivity contribution is 5.90. The maximum absolute atomic E-state index is 15.2. The minimum atomic E-state index is -1.26. The number of hydrogen-bond acceptors (Lipinski definition) is 3. The van der Waals surface area contributed by atoms with Crippen LogP contribution >= 0.6 is 0 Å². The summed E-state index contributed by atoms with van der Waals surface area (Å²) in [6.45, 7) is 9.68. The molecule has 1 saturated heterocycles. The van der Waals surface area contributed by atoms with Gasteiger partial charge in [0, 0.05) is 23.6 Å². The van der Waals surface area contributed by atoms with Gasteiger partial charge in [0.15, 0.2) is 6.23 Å². The number of carbonyl (C=O) groups is 1. The fourth-order valence-electron chi connectivity index (χ4n) is 6.79. The van der Waals surface area contributed by atoms with Gasteiger partial charge in [-0.15, -0.1) is 0 Å². The maximum Gasteiger partial charge on any atom is 0.328 e. The highest BCUT2D eigenvalue weighted by Gasteiger charge is 2.37. The maximum atomic E-state index is 15.2. The number of rotatable bonds is 5. The zero-order valence-corrected chi connectivity index (χ0v) is 23.1. The number of nitrogens with zero attached hydrogens (tertiary/aromatic N) is 2. The summed E-state index contributed by atoms with van der Waals surface area (Å²) >= 11 is 0. The van der Waals surface area contributed by atoms with Crippen LogP contribution in [0.1, 0.15) is 89.1 Å². The Morgan fingerprint density at radius 1 is 1.05 bits per heavy atom. The van der Waals surface area contributed by atoms with Gasteiger partial charge in [-0.2, -0.15) is 5.10 Å². The summed E-state index contributed by atoms with van der Waals surface area (Å²) in [4.78, 5) is 10.9. The first kappa shape index (κ1) is 27.3. The molecule has 0 radical (unpaired) electrons. The lowest BCUT2D eigenvalue weighted by atomic mass is 9.62. The van der Waals surface area contributed by atoms with Gasteiger partial charge in [0.2, 0.25) is 0 Å². The van der Waals surface area contributed by atoms with Crippen molar-refractivity contribution in [3.8, 4) is 0 Å². The Labute approximate surface area is 228 Å². The third-order valence-electron chi connectivity index (χ3n) is 7.77. The van der Waals surface area contributed by atoms with Gasteiger partial charge in [0.25, 0.3) is 0 Å². The average molecular weight is 535 g/mol. The first-order valence-corrected chi connectivity index (χ1v) is 13.6. The van der Waals surface area contributed by atoms with Gasteiger partial charge in [-0.3, -0.25) is 0 Å². The van der Waals surface area contributed by atoms with Gasteiger partial charge in [0.1, 0.15) is 11.6 Å². The molecule has 7 heteroatoms. The first-order valence-electron chi connectivity index (χ1n) is 13.6. The van der Waals surface area contributed by atoms with Crippen LogP contribution in [0.25, 0.3) is 22.6 Å². The molecule has 3 aromatic rings. The molecule has 206 valence electrons. The van der Waals surface area contributed by atoms with Gasteiger partial charge >= 0.3 is 5.97 Å². The minimum Gasteiger partial charge on any atom is -0.478 e. The zero-order valence-electron chi connectivity index (χ0n) is 23.1. The summed E-state index contributed by atoms with van der Waals surface area (Å²) in [7, 11) is 0. The van der Waals surface area contributed by atoms with Crippen molar-refractivity contribution in [1.29, 1.82) is 0 Å². The number of carboxylic acid groups (broad SMARTS) is 1. The molecule has 1 unspecified atom stereocenters. The Balaban J connectivity index is 1.66. The van der Waals surface area contributed by atoms with Crippen molar-refractivity contribution in [3.05, 3.63) is 76.5 Å². The molecule has 2 fully saturated rings. The van der Waals surface area contributed by atoms with E-state index in [9.17, 15) is 4.79 Å². The fraction of sp³-hybridized carbons (Fsp3) is 0.438. The Morgan fingerprint density at radius 3 is 2.36 bits per heavy atom. The molecular formula is C32H36F2N2O3. The summed E-state index contributed by atoms with van der Waals surface area (Å²) < 4.78 is 38.4. The van der Waals surface area contributed by atoms with E-state index in [4.69, 9.17) is 9.84 Å². The van der Waals surface area contributed by atoms with Crippen molar-refractivity contribution in [1.82, 2.24) is 9.78 Å². The number of aliphatic carboxylic acids is 1. The Morgan fingerprint density at radius 2 is 1.74 bits per heavy atom. The van der Waals surface area contributed by atoms with Gasteiger partial charge in [0.05, 0.1) is 11.7 Å². The number of halogens is 2. The summed E-state index contributed by atoms with van der Waals surface area (Å²) in [5.74, 6) is -2.85. The monoisotopic (exact) mass is 534 g/mol. The lowest BCUT2D eigenvalue weighted by Gasteiger charge is -2.43. The van der Waals surface area contributed by atoms with Crippen LogP contribution in [-0.4, -0.2) is 27.5 Å². The molecule has 1 aliphatic heterocycles. The summed E-state index contributed by atoms with van der Waals surface area (Å²) in [5, 5.41) is 14.5. The van der Waals surface area contributed by atoms with Gasteiger partial charge in [-0.1, -0.05) is 39.3 Å². The molecule has 0 spiro atoms. The molecule has 1 aliphatic carbocycles. The van der Waals surface area contributed by atoms with E-state index in [1.807, 2.05) is 29.1 Å². The molecule has 39 heavy (non-hydrogen) atoms. The second-order valence-electron chi connectivity index (χ2n) is 12.5. The first-order chi connectivity index (χ1) is 18.4. The summed E-state index contributed by atoms with van der Waals surface area (Å²) in [6, 6.07) is 8.73. The van der Waals surface area contributed by atoms with Crippen LogP contribution in [0.15, 0.2) is 48.2 Å². The molecule has 1 saturated carbocycles. The van der Waals surface area contributed by atoms with Crippen molar-refractivity contribution in [2.75, 3.05) is 6.61 Å². The quantitative estimate of drug-likeness (QED) is 0.336. The van der Waals surface area contributed by atoms with Crippen molar-refractivity contribution < 1.29 is 23.4 Å². The second kappa shape index (κ2) is 10.3. The lowest BCUT2D eigenvalue weighted by molar-refractivity contribution is -0.131. The van der Waals surface area contributed by atoms with Crippen LogP contribution in [-0.2, 0) is 9.53 Å². The van der Waals surface area contributed by atoms with Crippen molar-refractivity contribution in [3.63, 3.8) is 0 Å². The second-order valence-corrected chi connectivity index (χ2v) is 12.5. The molecule has 5 nitrogen and oxygen atoms in total. The van der Waals surface area contributed by atoms with E-state index in [1.54, 1.807) is 0 Å². The summed E-state index contributed by atoms with van der Waals surface area (Å²) in [6.07, 6.45) is 9.18. The molecule has 1 aromatic heterocycles. The largest absolute Gasteiger partial charge is 0.478 e. The SMILES string of the molecule is CC1(C)CC(=C(c2cc(F)c(/C=C/C(=O)O)c(F)c2)c2ccc3c(cnn3C3CCCCO3)c2)CC(C)(C)C1. The average Bonchev–Trinajstić information content (AvgIpc) is 3.25. The Kier molecular flexibility index (Phi) is 7.23. The van der Waals surface area contributed by atoms with Crippen molar-refractivity contribution >= 4 is 28.5 Å². The third kappa shape index (κ3) is 5.83. The van der Waals surface area contributed by atoms with E-state index < -0.39 is 17.6 Å². The lowest BCUT2D eigenvalue weighted by Crippen LogP contribution is -2.30. The molecular weight excluding hydrogens is 498 g/mol. The number of benzene rings is 2. The van der Waals surface area contributed by atoms with E-state index >= 15 is 8.78 Å². The minimum absolute atomic E-state index is 0.0247. The van der Waals surface area contributed by atoms with E-state index in [-0.39, 0.29) is 22.6 Å². The molecule has 2 aliphatic rings. The molecule has 1 atom stereocenters. The van der Waals surface area contributed by atoms with E-state index in [2.05, 4.69) is 32.8 Å². The number of carboxylic acids is 1. The van der Waals surface area contributed by atoms with Crippen molar-refractivity contribution in [2.24, 2.45) is 10.8 Å². The van der Waals surface area contributed by atoms with Crippen LogP contribution in [0.2, 0.25) is 0 Å². The Hall–Kier alpha value is -3.32. The zero-order chi connectivity index (χ0) is 27.9. The standard InChI is InChI=1S/C32H36F2N2O3/c1-31(2)16-23(17-32(3,4)19-31)30(21-14-25(33)24(26(34)15-21)9-11-29(37)38)20-8-10-27-22(13-20)18-35-36(27)28-7-5-6-12-39-28/h8-11,13-15,18,28H,5-7,12,16-17,19H2,1-4H3,(H,37,38)/b11-9+. The van der Waals surface area contributed by atoms with Gasteiger partial charge in [-0.25, -0.2) is 18.3 Å². The highest BCUT2D eigenvalue weighted by atomic mass is 19.1. The van der Waals surface area contributed by atoms with Gasteiger partial charge < -0.3 is 9.84 Å². The molecule has 2 heterocycles. The molecule has 0 amide bonds. The van der Waals surface area contributed by atoms with Gasteiger partial charge in [-0.05, 0) is 96.4 Å². The highest BCUT2D eigenvalue weighted by Crippen LogP contribution is 2.51. The number of aromatic nitrogens is 2. The molecule has 5 rings (SSSR count). The van der Waals surface area contributed by atoms with Crippen LogP contribution < -0.4 is 0 Å². The smallest absolute Gasteiger partial charge is 0.328 e. The normalized spacial score (nSPS) is 21.0. The third-order valence-corrected chi connectivity index (χ3v) is 7.77. The van der Waals surface area contributed by atoms with E-state index in [1.165, 1.54) is 12.1 Å². The van der Waals surface area contributed by atoms with Crippen LogP contribution in [0, 0.1) is 22.5 Å². The predicted octanol–water partition coefficient (Wildman–Crippen LogP) is 8.15. The van der Waals surface area contributed by atoms with Crippen molar-refractivity contribution in [2.45, 2.75) is 72.4 Å². The molecule has 1 N–H and O–H groups in total. The van der Waals surface area contributed by atoms with Crippen LogP contribution in [0.4, 0.5) is 8.78 Å². The molecule has 2 aromatic carbocycles. The summed E-state index contributed by atoms with van der Waals surface area (Å²) in [5.41, 5.74) is 3.96. The number of ether oxygens (including phenoxy) is 1. The number of fused-ring (bicyclic) bond motifs is 1. The topological polar surface area (TPSA) is 64.3 Å². The predicted molar refractivity (Wildman–Crippen MR) is 149 cm³/mol. The van der Waals surface area contributed by atoms with Crippen LogP contribution in [0.5, 0.6) is 0 Å². The molecule has 0 bridgehead atoms. The Bertz CT molecular complexity index is 1430. The number of hydrogen-bond donors (Lipinski definition) is 1.